The molecule has 1 unspecified atom stereocenters. The van der Waals surface area contributed by atoms with Crippen LogP contribution in [0.4, 0.5) is 11.5 Å². The van der Waals surface area contributed by atoms with Crippen molar-refractivity contribution in [3.05, 3.63) is 72.9 Å². The van der Waals surface area contributed by atoms with Gasteiger partial charge in [-0.1, -0.05) is 48.5 Å². The predicted octanol–water partition coefficient (Wildman–Crippen LogP) is 4.23. The highest BCUT2D eigenvalue weighted by Gasteiger charge is 2.35. The molecule has 2 N–H and O–H groups in total. The van der Waals surface area contributed by atoms with Crippen LogP contribution in [-0.2, 0) is 9.59 Å². The van der Waals surface area contributed by atoms with Crippen molar-refractivity contribution >= 4 is 34.1 Å². The van der Waals surface area contributed by atoms with Gasteiger partial charge in [-0.25, -0.2) is 4.68 Å². The minimum atomic E-state index is -0.704. The molecule has 7 heteroatoms. The largest absolute Gasteiger partial charge is 0.497 e. The first-order valence-corrected chi connectivity index (χ1v) is 9.94. The molecule has 1 aromatic heterocycles. The van der Waals surface area contributed by atoms with Gasteiger partial charge in [0.15, 0.2) is 0 Å². The number of anilines is 2. The summed E-state index contributed by atoms with van der Waals surface area (Å²) in [5.74, 6) is 0.803. The zero-order valence-electron chi connectivity index (χ0n) is 16.8. The van der Waals surface area contributed by atoms with E-state index >= 15 is 0 Å². The van der Waals surface area contributed by atoms with Gasteiger partial charge < -0.3 is 15.4 Å². The SMILES string of the molecule is COc1cccc(-c2cnn3c2NC(=O)C3CC(=O)Nc2cccc3ccccc23)c1. The van der Waals surface area contributed by atoms with Crippen LogP contribution in [0.25, 0.3) is 21.9 Å². The Bertz CT molecular complexity index is 1310. The van der Waals surface area contributed by atoms with E-state index in [9.17, 15) is 9.59 Å². The van der Waals surface area contributed by atoms with Crippen LogP contribution >= 0.6 is 0 Å². The van der Waals surface area contributed by atoms with Crippen LogP contribution < -0.4 is 15.4 Å². The number of hydrogen-bond donors (Lipinski definition) is 2. The molecule has 0 aliphatic carbocycles. The standard InChI is InChI=1S/C24H20N4O3/c1-31-17-9-4-8-16(12-17)19-14-25-28-21(24(30)27-23(19)28)13-22(29)26-20-11-5-7-15-6-2-3-10-18(15)20/h2-12,14,21H,13H2,1H3,(H,26,29)(H,27,30). The van der Waals surface area contributed by atoms with Crippen LogP contribution in [0.3, 0.4) is 0 Å². The highest BCUT2D eigenvalue weighted by molar-refractivity contribution is 6.06. The molecule has 0 radical (unpaired) electrons. The maximum absolute atomic E-state index is 12.8. The molecule has 2 amide bonds. The number of methoxy groups -OCH3 is 1. The van der Waals surface area contributed by atoms with Gasteiger partial charge in [-0.05, 0) is 29.1 Å². The third-order valence-electron chi connectivity index (χ3n) is 5.46. The molecule has 0 spiro atoms. The minimum Gasteiger partial charge on any atom is -0.497 e. The third kappa shape index (κ3) is 3.40. The Kier molecular flexibility index (Phi) is 4.63. The molecule has 0 bridgehead atoms. The lowest BCUT2D eigenvalue weighted by Gasteiger charge is -2.11. The lowest BCUT2D eigenvalue weighted by Crippen LogP contribution is -2.23. The van der Waals surface area contributed by atoms with E-state index in [2.05, 4.69) is 15.7 Å². The van der Waals surface area contributed by atoms with Crippen molar-refractivity contribution in [3.8, 4) is 16.9 Å². The highest BCUT2D eigenvalue weighted by Crippen LogP contribution is 2.37. The van der Waals surface area contributed by atoms with Crippen molar-refractivity contribution in [1.29, 1.82) is 0 Å². The molecule has 7 nitrogen and oxygen atoms in total. The molecule has 1 aliphatic heterocycles. The molecule has 2 heterocycles. The van der Waals surface area contributed by atoms with Crippen molar-refractivity contribution < 1.29 is 14.3 Å². The summed E-state index contributed by atoms with van der Waals surface area (Å²) in [5.41, 5.74) is 2.38. The quantitative estimate of drug-likeness (QED) is 0.514. The molecule has 154 valence electrons. The average Bonchev–Trinajstić information content (AvgIpc) is 3.33. The number of nitrogens with one attached hydrogen (secondary N) is 2. The zero-order valence-corrected chi connectivity index (χ0v) is 16.8. The molecular formula is C24H20N4O3. The van der Waals surface area contributed by atoms with E-state index in [0.29, 0.717) is 11.6 Å². The Morgan fingerprint density at radius 2 is 1.94 bits per heavy atom. The molecular weight excluding hydrogens is 392 g/mol. The van der Waals surface area contributed by atoms with E-state index in [1.165, 1.54) is 0 Å². The van der Waals surface area contributed by atoms with E-state index in [0.717, 1.165) is 27.6 Å². The van der Waals surface area contributed by atoms with Crippen LogP contribution in [0, 0.1) is 0 Å². The summed E-state index contributed by atoms with van der Waals surface area (Å²) in [6.07, 6.45) is 1.68. The first-order valence-electron chi connectivity index (χ1n) is 9.94. The molecule has 1 atom stereocenters. The van der Waals surface area contributed by atoms with Crippen LogP contribution in [-0.4, -0.2) is 28.7 Å². The topological polar surface area (TPSA) is 85.2 Å². The van der Waals surface area contributed by atoms with Gasteiger partial charge >= 0.3 is 0 Å². The van der Waals surface area contributed by atoms with E-state index in [1.807, 2.05) is 66.7 Å². The van der Waals surface area contributed by atoms with Crippen LogP contribution in [0.2, 0.25) is 0 Å². The fourth-order valence-corrected chi connectivity index (χ4v) is 3.93. The lowest BCUT2D eigenvalue weighted by atomic mass is 10.1. The lowest BCUT2D eigenvalue weighted by molar-refractivity contribution is -0.123. The van der Waals surface area contributed by atoms with Gasteiger partial charge in [0.05, 0.1) is 19.7 Å². The number of nitrogens with zero attached hydrogens (tertiary/aromatic N) is 2. The van der Waals surface area contributed by atoms with Crippen LogP contribution in [0.15, 0.2) is 72.9 Å². The second-order valence-electron chi connectivity index (χ2n) is 7.37. The Morgan fingerprint density at radius 3 is 2.81 bits per heavy atom. The van der Waals surface area contributed by atoms with Gasteiger partial charge in [-0.15, -0.1) is 0 Å². The number of fused-ring (bicyclic) bond motifs is 2. The number of rotatable bonds is 5. The summed E-state index contributed by atoms with van der Waals surface area (Å²) < 4.78 is 6.87. The molecule has 31 heavy (non-hydrogen) atoms. The number of aromatic nitrogens is 2. The Hall–Kier alpha value is -4.13. The first-order chi connectivity index (χ1) is 15.1. The van der Waals surface area contributed by atoms with Crippen molar-refractivity contribution in [2.75, 3.05) is 17.7 Å². The molecule has 0 saturated heterocycles. The summed E-state index contributed by atoms with van der Waals surface area (Å²) >= 11 is 0. The second-order valence-corrected chi connectivity index (χ2v) is 7.37. The fourth-order valence-electron chi connectivity index (χ4n) is 3.93. The van der Waals surface area contributed by atoms with Crippen molar-refractivity contribution in [1.82, 2.24) is 9.78 Å². The number of ether oxygens (including phenoxy) is 1. The Balaban J connectivity index is 1.38. The second kappa shape index (κ2) is 7.60. The third-order valence-corrected chi connectivity index (χ3v) is 5.46. The normalized spacial score (nSPS) is 14.9. The first kappa shape index (κ1) is 18.9. The van der Waals surface area contributed by atoms with Gasteiger partial charge in [0.2, 0.25) is 5.91 Å². The predicted molar refractivity (Wildman–Crippen MR) is 119 cm³/mol. The van der Waals surface area contributed by atoms with Gasteiger partial charge in [0, 0.05) is 16.6 Å². The number of carbonyl (C=O) groups excluding carboxylic acids is 2. The fraction of sp³-hybridized carbons (Fsp3) is 0.125. The molecule has 4 aromatic rings. The minimum absolute atomic E-state index is 0.0126. The summed E-state index contributed by atoms with van der Waals surface area (Å²) in [4.78, 5) is 25.4. The molecule has 5 rings (SSSR count). The summed E-state index contributed by atoms with van der Waals surface area (Å²) in [7, 11) is 1.61. The van der Waals surface area contributed by atoms with Crippen LogP contribution in [0.1, 0.15) is 12.5 Å². The van der Waals surface area contributed by atoms with E-state index in [4.69, 9.17) is 4.74 Å². The number of amides is 2. The maximum atomic E-state index is 12.8. The molecule has 0 saturated carbocycles. The van der Waals surface area contributed by atoms with E-state index in [1.54, 1.807) is 18.0 Å². The summed E-state index contributed by atoms with van der Waals surface area (Å²) in [6.45, 7) is 0. The maximum Gasteiger partial charge on any atom is 0.251 e. The van der Waals surface area contributed by atoms with Gasteiger partial charge in [0.1, 0.15) is 17.6 Å². The number of carbonyl (C=O) groups is 2. The molecule has 1 aliphatic rings. The monoisotopic (exact) mass is 412 g/mol. The van der Waals surface area contributed by atoms with Crippen molar-refractivity contribution in [3.63, 3.8) is 0 Å². The Morgan fingerprint density at radius 1 is 1.13 bits per heavy atom. The van der Waals surface area contributed by atoms with Crippen LogP contribution in [0.5, 0.6) is 5.75 Å². The smallest absolute Gasteiger partial charge is 0.251 e. The molecule has 0 fully saturated rings. The Labute approximate surface area is 178 Å². The van der Waals surface area contributed by atoms with E-state index < -0.39 is 6.04 Å². The van der Waals surface area contributed by atoms with Gasteiger partial charge in [0.25, 0.3) is 5.91 Å². The zero-order chi connectivity index (χ0) is 21.4. The summed E-state index contributed by atoms with van der Waals surface area (Å²) in [5, 5.41) is 12.2. The van der Waals surface area contributed by atoms with Crippen molar-refractivity contribution in [2.24, 2.45) is 0 Å². The van der Waals surface area contributed by atoms with E-state index in [-0.39, 0.29) is 18.2 Å². The number of benzene rings is 3. The van der Waals surface area contributed by atoms with Gasteiger partial charge in [-0.2, -0.15) is 5.10 Å². The van der Waals surface area contributed by atoms with Crippen molar-refractivity contribution in [2.45, 2.75) is 12.5 Å². The highest BCUT2D eigenvalue weighted by atomic mass is 16.5. The summed E-state index contributed by atoms with van der Waals surface area (Å²) in [6, 6.07) is 20.4. The van der Waals surface area contributed by atoms with Gasteiger partial charge in [-0.3, -0.25) is 9.59 Å². The molecule has 3 aromatic carbocycles. The number of hydrogen-bond acceptors (Lipinski definition) is 4. The average molecular weight is 412 g/mol.